The number of nitro benzene ring substituents is 1. The van der Waals surface area contributed by atoms with Gasteiger partial charge in [-0.3, -0.25) is 19.8 Å². The van der Waals surface area contributed by atoms with Gasteiger partial charge in [-0.1, -0.05) is 12.1 Å². The Balaban J connectivity index is 1.20. The van der Waals surface area contributed by atoms with Gasteiger partial charge < -0.3 is 15.2 Å². The Labute approximate surface area is 189 Å². The molecule has 6 rings (SSSR count). The molecular formula is C24H24FN5O3. The van der Waals surface area contributed by atoms with Crippen molar-refractivity contribution < 1.29 is 9.31 Å². The van der Waals surface area contributed by atoms with Crippen molar-refractivity contribution in [1.29, 1.82) is 0 Å². The molecule has 2 saturated heterocycles. The topological polar surface area (TPSA) is 94.5 Å². The van der Waals surface area contributed by atoms with E-state index >= 15 is 0 Å². The number of hydrogen-bond acceptors (Lipinski definition) is 6. The van der Waals surface area contributed by atoms with Crippen molar-refractivity contribution in [3.63, 3.8) is 0 Å². The molecule has 2 N–H and O–H groups in total. The Morgan fingerprint density at radius 3 is 2.79 bits per heavy atom. The molecule has 4 heterocycles. The number of nitrogens with zero attached hydrogens (tertiary/aromatic N) is 3. The third kappa shape index (κ3) is 3.34. The second-order valence-corrected chi connectivity index (χ2v) is 9.24. The predicted molar refractivity (Wildman–Crippen MR) is 124 cm³/mol. The number of rotatable bonds is 4. The van der Waals surface area contributed by atoms with E-state index in [9.17, 15) is 19.3 Å². The number of non-ortho nitro benzene ring substituents is 1. The summed E-state index contributed by atoms with van der Waals surface area (Å²) in [6.45, 7) is 3.15. The molecule has 1 aromatic heterocycles. The summed E-state index contributed by atoms with van der Waals surface area (Å²) in [5, 5.41) is 15.3. The van der Waals surface area contributed by atoms with Crippen molar-refractivity contribution in [1.82, 2.24) is 9.88 Å². The lowest BCUT2D eigenvalue weighted by Crippen LogP contribution is -2.46. The lowest BCUT2D eigenvalue weighted by Gasteiger charge is -2.35. The molecule has 2 bridgehead atoms. The molecule has 3 aromatic rings. The Bertz CT molecular complexity index is 1340. The average Bonchev–Trinajstić information content (AvgIpc) is 3.39. The van der Waals surface area contributed by atoms with E-state index in [2.05, 4.69) is 33.4 Å². The largest absolute Gasteiger partial charge is 0.384 e. The first-order valence-electron chi connectivity index (χ1n) is 11.3. The fourth-order valence-corrected chi connectivity index (χ4v) is 5.72. The number of pyridine rings is 1. The van der Waals surface area contributed by atoms with Crippen LogP contribution in [-0.4, -0.2) is 46.5 Å². The molecule has 0 saturated carbocycles. The Kier molecular flexibility index (Phi) is 4.62. The molecule has 0 unspecified atom stereocenters. The normalized spacial score (nSPS) is 21.9. The lowest BCUT2D eigenvalue weighted by molar-refractivity contribution is -0.385. The van der Waals surface area contributed by atoms with Crippen molar-refractivity contribution in [2.24, 2.45) is 0 Å². The third-order valence-corrected chi connectivity index (χ3v) is 7.27. The van der Waals surface area contributed by atoms with Gasteiger partial charge >= 0.3 is 0 Å². The van der Waals surface area contributed by atoms with Gasteiger partial charge in [0.05, 0.1) is 27.9 Å². The number of piperazine rings is 1. The van der Waals surface area contributed by atoms with Crippen LogP contribution in [0, 0.1) is 15.9 Å². The molecule has 33 heavy (non-hydrogen) atoms. The zero-order chi connectivity index (χ0) is 22.7. The number of halogens is 1. The molecule has 3 aliphatic rings. The number of fused-ring (bicyclic) bond motifs is 5. The lowest BCUT2D eigenvalue weighted by atomic mass is 10.0. The van der Waals surface area contributed by atoms with Gasteiger partial charge in [-0.25, -0.2) is 4.39 Å². The number of anilines is 2. The van der Waals surface area contributed by atoms with E-state index in [0.29, 0.717) is 18.3 Å². The Morgan fingerprint density at radius 1 is 1.15 bits per heavy atom. The Hall–Kier alpha value is -3.46. The number of nitro groups is 1. The number of hydrogen-bond donors (Lipinski definition) is 2. The first-order chi connectivity index (χ1) is 16.0. The van der Waals surface area contributed by atoms with Gasteiger partial charge in [0.1, 0.15) is 0 Å². The molecule has 0 aliphatic carbocycles. The highest BCUT2D eigenvalue weighted by Crippen LogP contribution is 2.37. The first-order valence-corrected chi connectivity index (χ1v) is 11.3. The van der Waals surface area contributed by atoms with Crippen LogP contribution in [0.1, 0.15) is 24.0 Å². The maximum Gasteiger partial charge on any atom is 0.272 e. The summed E-state index contributed by atoms with van der Waals surface area (Å²) in [4.78, 5) is 30.3. The molecule has 0 radical (unpaired) electrons. The van der Waals surface area contributed by atoms with Gasteiger partial charge in [-0.15, -0.1) is 0 Å². The van der Waals surface area contributed by atoms with Crippen molar-refractivity contribution in [2.45, 2.75) is 37.9 Å². The van der Waals surface area contributed by atoms with Crippen molar-refractivity contribution in [3.8, 4) is 0 Å². The van der Waals surface area contributed by atoms with Crippen LogP contribution >= 0.6 is 0 Å². The summed E-state index contributed by atoms with van der Waals surface area (Å²) in [7, 11) is 0. The van der Waals surface area contributed by atoms with Crippen molar-refractivity contribution >= 4 is 28.0 Å². The highest BCUT2D eigenvalue weighted by Gasteiger charge is 2.43. The summed E-state index contributed by atoms with van der Waals surface area (Å²) in [6, 6.07) is 10.6. The van der Waals surface area contributed by atoms with Gasteiger partial charge in [0.15, 0.2) is 5.82 Å². The zero-order valence-corrected chi connectivity index (χ0v) is 18.0. The van der Waals surface area contributed by atoms with Crippen LogP contribution in [-0.2, 0) is 13.0 Å². The standard InChI is InChI=1S/C24H24FN5O3/c25-20-10-15(30(32)33)4-6-22(20)29-13-16-9-17(29)12-28(16)11-14-3-5-18-21(8-14)27-24(31)19-2-1-7-26-23(18)19/h3-6,8,10,16-17,26H,1-2,7,9,11-13H2,(H,27,31)/t16-,17-/m0/s1. The average molecular weight is 449 g/mol. The van der Waals surface area contributed by atoms with E-state index in [1.165, 1.54) is 12.1 Å². The van der Waals surface area contributed by atoms with Crippen molar-refractivity contribution in [2.75, 3.05) is 29.9 Å². The van der Waals surface area contributed by atoms with Gasteiger partial charge in [0.2, 0.25) is 0 Å². The molecule has 0 amide bonds. The van der Waals surface area contributed by atoms with Crippen LogP contribution in [0.2, 0.25) is 0 Å². The summed E-state index contributed by atoms with van der Waals surface area (Å²) >= 11 is 0. The summed E-state index contributed by atoms with van der Waals surface area (Å²) in [5.74, 6) is -0.543. The monoisotopic (exact) mass is 449 g/mol. The van der Waals surface area contributed by atoms with Crippen molar-refractivity contribution in [3.05, 3.63) is 73.8 Å². The highest BCUT2D eigenvalue weighted by atomic mass is 19.1. The van der Waals surface area contributed by atoms with E-state index < -0.39 is 10.7 Å². The minimum atomic E-state index is -0.576. The SMILES string of the molecule is O=c1[nH]c2cc(CN3C[C@@H]4C[C@H]3CN4c3ccc([N+](=O)[O-])cc3F)ccc2c2c1CCCN2. The fraction of sp³-hybridized carbons (Fsp3) is 0.375. The number of aromatic amines is 1. The summed E-state index contributed by atoms with van der Waals surface area (Å²) < 4.78 is 14.5. The van der Waals surface area contributed by atoms with E-state index in [1.807, 2.05) is 4.90 Å². The first kappa shape index (κ1) is 20.2. The second kappa shape index (κ2) is 7.55. The number of H-pyrrole nitrogens is 1. The van der Waals surface area contributed by atoms with E-state index in [4.69, 9.17) is 0 Å². The van der Waals surface area contributed by atoms with E-state index in [0.717, 1.165) is 72.7 Å². The van der Waals surface area contributed by atoms with Crippen LogP contribution in [0.25, 0.3) is 10.9 Å². The number of likely N-dealkylation sites (tertiary alicyclic amines) is 1. The van der Waals surface area contributed by atoms with Crippen LogP contribution < -0.4 is 15.8 Å². The molecule has 3 aliphatic heterocycles. The van der Waals surface area contributed by atoms with Gasteiger partial charge in [0, 0.05) is 55.3 Å². The molecule has 2 atom stereocenters. The van der Waals surface area contributed by atoms with Gasteiger partial charge in [-0.05, 0) is 37.0 Å². The quantitative estimate of drug-likeness (QED) is 0.468. The third-order valence-electron chi connectivity index (χ3n) is 7.27. The second-order valence-electron chi connectivity index (χ2n) is 9.24. The molecule has 170 valence electrons. The van der Waals surface area contributed by atoms with Crippen LogP contribution in [0.5, 0.6) is 0 Å². The van der Waals surface area contributed by atoms with Gasteiger partial charge in [-0.2, -0.15) is 0 Å². The minimum absolute atomic E-state index is 0.0113. The predicted octanol–water partition coefficient (Wildman–Crippen LogP) is 3.40. The maximum atomic E-state index is 14.5. The fourth-order valence-electron chi connectivity index (χ4n) is 5.72. The maximum absolute atomic E-state index is 14.5. The van der Waals surface area contributed by atoms with Crippen LogP contribution in [0.15, 0.2) is 41.2 Å². The summed E-state index contributed by atoms with van der Waals surface area (Å²) in [5.41, 5.74) is 3.99. The molecule has 2 fully saturated rings. The van der Waals surface area contributed by atoms with E-state index in [1.54, 1.807) is 0 Å². The molecular weight excluding hydrogens is 425 g/mol. The smallest absolute Gasteiger partial charge is 0.272 e. The van der Waals surface area contributed by atoms with Gasteiger partial charge in [0.25, 0.3) is 11.2 Å². The molecule has 9 heteroatoms. The number of benzene rings is 2. The molecule has 2 aromatic carbocycles. The number of aromatic nitrogens is 1. The molecule has 0 spiro atoms. The number of nitrogens with one attached hydrogen (secondary N) is 2. The zero-order valence-electron chi connectivity index (χ0n) is 18.0. The van der Waals surface area contributed by atoms with E-state index in [-0.39, 0.29) is 17.3 Å². The minimum Gasteiger partial charge on any atom is -0.384 e. The Morgan fingerprint density at radius 2 is 2.03 bits per heavy atom. The van der Waals surface area contributed by atoms with Crippen LogP contribution in [0.3, 0.4) is 0 Å². The highest BCUT2D eigenvalue weighted by molar-refractivity contribution is 5.93. The summed E-state index contributed by atoms with van der Waals surface area (Å²) in [6.07, 6.45) is 2.72. The van der Waals surface area contributed by atoms with Crippen LogP contribution in [0.4, 0.5) is 21.5 Å². The molecule has 8 nitrogen and oxygen atoms in total.